The maximum absolute atomic E-state index is 6.03. The number of hydrogen-bond donors (Lipinski definition) is 1. The van der Waals surface area contributed by atoms with Crippen molar-refractivity contribution in [1.82, 2.24) is 9.97 Å². The second-order valence-electron chi connectivity index (χ2n) is 5.30. The van der Waals surface area contributed by atoms with Crippen molar-refractivity contribution >= 4 is 28.3 Å². The Morgan fingerprint density at radius 1 is 1.25 bits per heavy atom. The first-order valence-corrected chi connectivity index (χ1v) is 7.01. The molecule has 3 rings (SSSR count). The Morgan fingerprint density at radius 2 is 2.05 bits per heavy atom. The maximum atomic E-state index is 6.03. The van der Waals surface area contributed by atoms with Crippen LogP contribution in [0.1, 0.15) is 20.3 Å². The van der Waals surface area contributed by atoms with Crippen molar-refractivity contribution in [3.63, 3.8) is 0 Å². The van der Waals surface area contributed by atoms with Crippen LogP contribution in [0.4, 0.5) is 5.82 Å². The van der Waals surface area contributed by atoms with E-state index < -0.39 is 0 Å². The highest BCUT2D eigenvalue weighted by atomic mass is 35.5. The summed E-state index contributed by atoms with van der Waals surface area (Å²) in [6.45, 7) is 4.30. The molecular formula is C16H16ClN3. The Kier molecular flexibility index (Phi) is 3.22. The second-order valence-corrected chi connectivity index (χ2v) is 5.64. The zero-order chi connectivity index (χ0) is 14.2. The molecule has 0 aliphatic heterocycles. The lowest BCUT2D eigenvalue weighted by atomic mass is 9.86. The van der Waals surface area contributed by atoms with Crippen LogP contribution >= 0.6 is 11.6 Å². The van der Waals surface area contributed by atoms with Crippen molar-refractivity contribution in [2.24, 2.45) is 0 Å². The fraction of sp³-hybridized carbons (Fsp3) is 0.250. The van der Waals surface area contributed by atoms with E-state index >= 15 is 0 Å². The van der Waals surface area contributed by atoms with Gasteiger partial charge in [-0.15, -0.1) is 0 Å². The molecule has 3 nitrogen and oxygen atoms in total. The second kappa shape index (κ2) is 4.91. The lowest BCUT2D eigenvalue weighted by molar-refractivity contribution is 0.598. The molecule has 1 aliphatic carbocycles. The molecule has 4 heteroatoms. The number of rotatable bonds is 2. The highest BCUT2D eigenvalue weighted by Gasteiger charge is 2.27. The number of hydrogen-bond acceptors (Lipinski definition) is 3. The van der Waals surface area contributed by atoms with Gasteiger partial charge in [0.05, 0.1) is 11.1 Å². The average Bonchev–Trinajstić information content (AvgIpc) is 2.42. The van der Waals surface area contributed by atoms with E-state index in [0.29, 0.717) is 0 Å². The molecule has 1 heterocycles. The first-order valence-electron chi connectivity index (χ1n) is 6.63. The predicted molar refractivity (Wildman–Crippen MR) is 84.1 cm³/mol. The van der Waals surface area contributed by atoms with Gasteiger partial charge in [-0.05, 0) is 49.6 Å². The molecule has 20 heavy (non-hydrogen) atoms. The van der Waals surface area contributed by atoms with Crippen LogP contribution in [0, 0.1) is 0 Å². The lowest BCUT2D eigenvalue weighted by Gasteiger charge is -2.33. The minimum atomic E-state index is -0.144. The van der Waals surface area contributed by atoms with E-state index in [1.807, 2.05) is 24.3 Å². The summed E-state index contributed by atoms with van der Waals surface area (Å²) in [7, 11) is 0. The number of halogens is 1. The fourth-order valence-corrected chi connectivity index (χ4v) is 2.59. The summed E-state index contributed by atoms with van der Waals surface area (Å²) < 4.78 is 0. The number of fused-ring (bicyclic) bond motifs is 1. The molecule has 1 N–H and O–H groups in total. The van der Waals surface area contributed by atoms with Crippen molar-refractivity contribution in [1.29, 1.82) is 0 Å². The zero-order valence-corrected chi connectivity index (χ0v) is 12.3. The van der Waals surface area contributed by atoms with Gasteiger partial charge in [-0.25, -0.2) is 9.97 Å². The van der Waals surface area contributed by atoms with Crippen molar-refractivity contribution < 1.29 is 0 Å². The maximum Gasteiger partial charge on any atom is 0.224 e. The Labute approximate surface area is 123 Å². The SMILES string of the molecule is CC1=CC=CCC1(C)Nc1nc(Cl)nc2ccccc12. The molecule has 0 bridgehead atoms. The average molecular weight is 286 g/mol. The van der Waals surface area contributed by atoms with Crippen molar-refractivity contribution in [2.45, 2.75) is 25.8 Å². The molecule has 0 spiro atoms. The lowest BCUT2D eigenvalue weighted by Crippen LogP contribution is -2.37. The van der Waals surface area contributed by atoms with Gasteiger partial charge in [0.2, 0.25) is 5.28 Å². The van der Waals surface area contributed by atoms with E-state index in [4.69, 9.17) is 11.6 Å². The van der Waals surface area contributed by atoms with Crippen LogP contribution in [0.5, 0.6) is 0 Å². The Bertz CT molecular complexity index is 721. The van der Waals surface area contributed by atoms with Gasteiger partial charge in [0.1, 0.15) is 5.82 Å². The van der Waals surface area contributed by atoms with Crippen LogP contribution in [-0.4, -0.2) is 15.5 Å². The van der Waals surface area contributed by atoms with Gasteiger partial charge in [-0.1, -0.05) is 30.4 Å². The van der Waals surface area contributed by atoms with Crippen molar-refractivity contribution in [2.75, 3.05) is 5.32 Å². The molecule has 0 amide bonds. The van der Waals surface area contributed by atoms with Crippen molar-refractivity contribution in [3.05, 3.63) is 53.4 Å². The van der Waals surface area contributed by atoms with Crippen LogP contribution in [0.2, 0.25) is 5.28 Å². The van der Waals surface area contributed by atoms with E-state index in [2.05, 4.69) is 47.4 Å². The standard InChI is InChI=1S/C16H16ClN3/c1-11-7-5-6-10-16(11,2)20-14-12-8-3-4-9-13(12)18-15(17)19-14/h3-9H,10H2,1-2H3,(H,18,19,20). The molecule has 0 saturated carbocycles. The number of allylic oxidation sites excluding steroid dienone is 2. The van der Waals surface area contributed by atoms with Gasteiger partial charge in [0.15, 0.2) is 0 Å². The van der Waals surface area contributed by atoms with Crippen LogP contribution < -0.4 is 5.32 Å². The third kappa shape index (κ3) is 2.29. The third-order valence-electron chi connectivity index (χ3n) is 3.85. The molecule has 1 aliphatic rings. The molecule has 0 radical (unpaired) electrons. The smallest absolute Gasteiger partial charge is 0.224 e. The quantitative estimate of drug-likeness (QED) is 0.833. The van der Waals surface area contributed by atoms with Crippen LogP contribution in [0.15, 0.2) is 48.1 Å². The summed E-state index contributed by atoms with van der Waals surface area (Å²) in [6.07, 6.45) is 7.29. The molecule has 0 saturated heterocycles. The molecule has 1 atom stereocenters. The molecule has 1 aromatic heterocycles. The Balaban J connectivity index is 2.07. The molecule has 0 fully saturated rings. The monoisotopic (exact) mass is 285 g/mol. The van der Waals surface area contributed by atoms with Crippen molar-refractivity contribution in [3.8, 4) is 0 Å². The molecule has 1 aromatic carbocycles. The molecule has 1 unspecified atom stereocenters. The highest BCUT2D eigenvalue weighted by molar-refractivity contribution is 6.28. The third-order valence-corrected chi connectivity index (χ3v) is 4.02. The largest absolute Gasteiger partial charge is 0.360 e. The summed E-state index contributed by atoms with van der Waals surface area (Å²) in [5.74, 6) is 0.783. The summed E-state index contributed by atoms with van der Waals surface area (Å²) in [6, 6.07) is 7.89. The van der Waals surface area contributed by atoms with E-state index in [9.17, 15) is 0 Å². The zero-order valence-electron chi connectivity index (χ0n) is 11.5. The highest BCUT2D eigenvalue weighted by Crippen LogP contribution is 2.31. The van der Waals surface area contributed by atoms with Gasteiger partial charge >= 0.3 is 0 Å². The van der Waals surface area contributed by atoms with Gasteiger partial charge in [0, 0.05) is 5.39 Å². The van der Waals surface area contributed by atoms with Gasteiger partial charge in [-0.3, -0.25) is 0 Å². The first-order chi connectivity index (χ1) is 9.58. The van der Waals surface area contributed by atoms with E-state index in [0.717, 1.165) is 23.1 Å². The first kappa shape index (κ1) is 13.1. The number of nitrogens with one attached hydrogen (secondary N) is 1. The van der Waals surface area contributed by atoms with E-state index in [1.165, 1.54) is 5.57 Å². The van der Waals surface area contributed by atoms with Gasteiger partial charge in [-0.2, -0.15) is 0 Å². The summed E-state index contributed by atoms with van der Waals surface area (Å²) in [4.78, 5) is 8.62. The minimum absolute atomic E-state index is 0.144. The molecular weight excluding hydrogens is 270 g/mol. The predicted octanol–water partition coefficient (Wildman–Crippen LogP) is 4.36. The normalized spacial score (nSPS) is 21.9. The number of anilines is 1. The Hall–Kier alpha value is -1.87. The van der Waals surface area contributed by atoms with Crippen LogP contribution in [0.25, 0.3) is 10.9 Å². The fourth-order valence-electron chi connectivity index (χ4n) is 2.42. The summed E-state index contributed by atoms with van der Waals surface area (Å²) in [5.41, 5.74) is 1.99. The number of benzene rings is 1. The topological polar surface area (TPSA) is 37.8 Å². The number of para-hydroxylation sites is 1. The van der Waals surface area contributed by atoms with Crippen LogP contribution in [-0.2, 0) is 0 Å². The summed E-state index contributed by atoms with van der Waals surface area (Å²) >= 11 is 6.03. The van der Waals surface area contributed by atoms with Gasteiger partial charge < -0.3 is 5.32 Å². The number of nitrogens with zero attached hydrogens (tertiary/aromatic N) is 2. The van der Waals surface area contributed by atoms with E-state index in [1.54, 1.807) is 0 Å². The molecule has 102 valence electrons. The van der Waals surface area contributed by atoms with Crippen LogP contribution in [0.3, 0.4) is 0 Å². The number of aromatic nitrogens is 2. The minimum Gasteiger partial charge on any atom is -0.360 e. The Morgan fingerprint density at radius 3 is 2.85 bits per heavy atom. The summed E-state index contributed by atoms with van der Waals surface area (Å²) in [5, 5.41) is 4.79. The molecule has 2 aromatic rings. The van der Waals surface area contributed by atoms with E-state index in [-0.39, 0.29) is 10.8 Å². The van der Waals surface area contributed by atoms with Gasteiger partial charge in [0.25, 0.3) is 0 Å².